The summed E-state index contributed by atoms with van der Waals surface area (Å²) in [5.41, 5.74) is 2.12. The normalized spacial score (nSPS) is 17.4. The zero-order chi connectivity index (χ0) is 18.8. The Morgan fingerprint density at radius 3 is 2.81 bits per heavy atom. The molecule has 0 aromatic heterocycles. The van der Waals surface area contributed by atoms with Crippen LogP contribution in [0.25, 0.3) is 6.08 Å². The monoisotopic (exact) mass is 369 g/mol. The summed E-state index contributed by atoms with van der Waals surface area (Å²) in [4.78, 5) is 14.9. The van der Waals surface area contributed by atoms with Gasteiger partial charge in [-0.3, -0.25) is 9.69 Å². The molecular formula is C21H20FNO4. The van der Waals surface area contributed by atoms with Crippen LogP contribution in [0.3, 0.4) is 0 Å². The van der Waals surface area contributed by atoms with Gasteiger partial charge in [0.25, 0.3) is 0 Å². The van der Waals surface area contributed by atoms with Gasteiger partial charge in [-0.25, -0.2) is 4.39 Å². The number of benzene rings is 2. The summed E-state index contributed by atoms with van der Waals surface area (Å²) in [5, 5.41) is 0. The van der Waals surface area contributed by atoms with Gasteiger partial charge in [0.1, 0.15) is 24.0 Å². The van der Waals surface area contributed by atoms with Crippen LogP contribution in [0.4, 0.5) is 4.39 Å². The maximum atomic E-state index is 13.1. The van der Waals surface area contributed by atoms with Crippen molar-refractivity contribution in [2.24, 2.45) is 0 Å². The molecule has 2 aromatic carbocycles. The molecule has 0 saturated heterocycles. The predicted octanol–water partition coefficient (Wildman–Crippen LogP) is 3.63. The fourth-order valence-corrected chi connectivity index (χ4v) is 3.29. The summed E-state index contributed by atoms with van der Waals surface area (Å²) in [6.45, 7) is 2.68. The zero-order valence-corrected chi connectivity index (χ0v) is 15.0. The molecule has 0 N–H and O–H groups in total. The van der Waals surface area contributed by atoms with E-state index in [2.05, 4.69) is 4.90 Å². The third-order valence-corrected chi connectivity index (χ3v) is 4.67. The van der Waals surface area contributed by atoms with Gasteiger partial charge in [-0.15, -0.1) is 0 Å². The third-order valence-electron chi connectivity index (χ3n) is 4.67. The Balaban J connectivity index is 1.59. The Morgan fingerprint density at radius 1 is 1.22 bits per heavy atom. The molecule has 27 heavy (non-hydrogen) atoms. The summed E-state index contributed by atoms with van der Waals surface area (Å²) >= 11 is 0. The summed E-state index contributed by atoms with van der Waals surface area (Å²) < 4.78 is 29.9. The van der Waals surface area contributed by atoms with Crippen molar-refractivity contribution < 1.29 is 23.4 Å². The topological polar surface area (TPSA) is 48.0 Å². The van der Waals surface area contributed by atoms with Crippen LogP contribution in [-0.2, 0) is 11.3 Å². The molecular weight excluding hydrogens is 349 g/mol. The van der Waals surface area contributed by atoms with Crippen LogP contribution in [0.15, 0.2) is 42.2 Å². The van der Waals surface area contributed by atoms with Crippen molar-refractivity contribution in [2.45, 2.75) is 13.0 Å². The molecule has 2 aliphatic rings. The van der Waals surface area contributed by atoms with Gasteiger partial charge in [0.05, 0.1) is 11.1 Å². The first-order valence-electron chi connectivity index (χ1n) is 8.85. The number of rotatable bonds is 5. The van der Waals surface area contributed by atoms with Crippen LogP contribution in [-0.4, -0.2) is 37.7 Å². The molecule has 5 nitrogen and oxygen atoms in total. The Hall–Kier alpha value is -2.70. The molecule has 0 atom stereocenters. The van der Waals surface area contributed by atoms with Crippen molar-refractivity contribution in [1.29, 1.82) is 0 Å². The van der Waals surface area contributed by atoms with Crippen LogP contribution in [0.5, 0.6) is 11.5 Å². The molecule has 0 spiro atoms. The van der Waals surface area contributed by atoms with Gasteiger partial charge in [-0.2, -0.15) is 0 Å². The van der Waals surface area contributed by atoms with E-state index in [9.17, 15) is 9.18 Å². The van der Waals surface area contributed by atoms with E-state index in [0.717, 1.165) is 24.3 Å². The highest BCUT2D eigenvalue weighted by atomic mass is 19.1. The summed E-state index contributed by atoms with van der Waals surface area (Å²) in [6.07, 6.45) is 2.54. The minimum atomic E-state index is -0.320. The second-order valence-electron chi connectivity index (χ2n) is 6.58. The number of nitrogens with zero attached hydrogens (tertiary/aromatic N) is 1. The number of methoxy groups -OCH3 is 1. The van der Waals surface area contributed by atoms with Crippen molar-refractivity contribution in [3.8, 4) is 11.5 Å². The first-order valence-corrected chi connectivity index (χ1v) is 8.85. The van der Waals surface area contributed by atoms with Crippen LogP contribution in [0.2, 0.25) is 0 Å². The lowest BCUT2D eigenvalue weighted by Gasteiger charge is -2.29. The van der Waals surface area contributed by atoms with Gasteiger partial charge in [0, 0.05) is 26.8 Å². The van der Waals surface area contributed by atoms with E-state index in [1.54, 1.807) is 31.4 Å². The van der Waals surface area contributed by atoms with Crippen LogP contribution in [0.1, 0.15) is 27.9 Å². The number of Topliss-reactive ketones (excluding diaryl/α,β-unsaturated/α-hetero) is 1. The van der Waals surface area contributed by atoms with Crippen LogP contribution >= 0.6 is 0 Å². The second kappa shape index (κ2) is 7.50. The molecule has 6 heteroatoms. The Kier molecular flexibility index (Phi) is 4.92. The highest BCUT2D eigenvalue weighted by molar-refractivity contribution is 6.15. The molecule has 140 valence electrons. The lowest BCUT2D eigenvalue weighted by molar-refractivity contribution is 0.0823. The van der Waals surface area contributed by atoms with Crippen molar-refractivity contribution in [3.05, 3.63) is 64.7 Å². The lowest BCUT2D eigenvalue weighted by Crippen LogP contribution is -2.33. The van der Waals surface area contributed by atoms with E-state index in [0.29, 0.717) is 36.8 Å². The van der Waals surface area contributed by atoms with Crippen LogP contribution < -0.4 is 9.47 Å². The van der Waals surface area contributed by atoms with E-state index in [-0.39, 0.29) is 17.4 Å². The average Bonchev–Trinajstić information content (AvgIpc) is 3.00. The number of fused-ring (bicyclic) bond motifs is 3. The van der Waals surface area contributed by atoms with Gasteiger partial charge >= 0.3 is 0 Å². The molecule has 0 amide bonds. The number of carbonyl (C=O) groups excluding carboxylic acids is 1. The summed E-state index contributed by atoms with van der Waals surface area (Å²) in [5.74, 6) is 1.05. The predicted molar refractivity (Wildman–Crippen MR) is 98.2 cm³/mol. The van der Waals surface area contributed by atoms with Crippen molar-refractivity contribution >= 4 is 11.9 Å². The Bertz CT molecular complexity index is 892. The zero-order valence-electron chi connectivity index (χ0n) is 15.0. The van der Waals surface area contributed by atoms with Crippen molar-refractivity contribution in [1.82, 2.24) is 4.90 Å². The standard InChI is InChI=1S/C21H20FNO4/c1-25-10-2-9-23-12-17-18(26-13-23)8-7-16-20(24)19(27-21(16)17)11-14-3-5-15(22)6-4-14/h3-8,11H,2,9-10,12-13H2,1H3/b19-11-. The molecule has 2 heterocycles. The first kappa shape index (κ1) is 17.7. The second-order valence-corrected chi connectivity index (χ2v) is 6.58. The Morgan fingerprint density at radius 2 is 2.04 bits per heavy atom. The van der Waals surface area contributed by atoms with Gasteiger partial charge in [-0.05, 0) is 42.3 Å². The highest BCUT2D eigenvalue weighted by Gasteiger charge is 2.33. The first-order chi connectivity index (χ1) is 13.2. The summed E-state index contributed by atoms with van der Waals surface area (Å²) in [7, 11) is 1.68. The number of hydrogen-bond donors (Lipinski definition) is 0. The van der Waals surface area contributed by atoms with Gasteiger partial charge < -0.3 is 14.2 Å². The molecule has 2 aromatic rings. The minimum absolute atomic E-state index is 0.173. The fraction of sp³-hybridized carbons (Fsp3) is 0.286. The SMILES string of the molecule is COCCCN1COc2ccc3c(c2C1)O/C(=C\c1ccc(F)cc1)C3=O. The number of allylic oxidation sites excluding steroid dienone is 1. The molecule has 0 radical (unpaired) electrons. The number of ether oxygens (including phenoxy) is 3. The largest absolute Gasteiger partial charge is 0.478 e. The number of carbonyl (C=O) groups is 1. The number of hydrogen-bond acceptors (Lipinski definition) is 5. The van der Waals surface area contributed by atoms with E-state index < -0.39 is 0 Å². The highest BCUT2D eigenvalue weighted by Crippen LogP contribution is 2.42. The minimum Gasteiger partial charge on any atom is -0.478 e. The van der Waals surface area contributed by atoms with E-state index in [1.807, 2.05) is 6.07 Å². The van der Waals surface area contributed by atoms with Crippen molar-refractivity contribution in [2.75, 3.05) is 27.0 Å². The van der Waals surface area contributed by atoms with Gasteiger partial charge in [-0.1, -0.05) is 12.1 Å². The quantitative estimate of drug-likeness (QED) is 0.595. The molecule has 0 fully saturated rings. The van der Waals surface area contributed by atoms with Crippen LogP contribution in [0, 0.1) is 5.82 Å². The molecule has 0 bridgehead atoms. The van der Waals surface area contributed by atoms with Gasteiger partial charge in [0.2, 0.25) is 5.78 Å². The maximum absolute atomic E-state index is 13.1. The molecule has 4 rings (SSSR count). The smallest absolute Gasteiger partial charge is 0.231 e. The summed E-state index contributed by atoms with van der Waals surface area (Å²) in [6, 6.07) is 9.49. The number of halogens is 1. The van der Waals surface area contributed by atoms with Crippen molar-refractivity contribution in [3.63, 3.8) is 0 Å². The number of ketones is 1. The average molecular weight is 369 g/mol. The molecule has 0 saturated carbocycles. The Labute approximate surface area is 156 Å². The third kappa shape index (κ3) is 3.59. The maximum Gasteiger partial charge on any atom is 0.231 e. The van der Waals surface area contributed by atoms with E-state index in [1.165, 1.54) is 12.1 Å². The molecule has 2 aliphatic heterocycles. The van der Waals surface area contributed by atoms with E-state index >= 15 is 0 Å². The lowest BCUT2D eigenvalue weighted by atomic mass is 10.0. The fourth-order valence-electron chi connectivity index (χ4n) is 3.29. The molecule has 0 unspecified atom stereocenters. The van der Waals surface area contributed by atoms with E-state index in [4.69, 9.17) is 14.2 Å². The van der Waals surface area contributed by atoms with Gasteiger partial charge in [0.15, 0.2) is 5.76 Å². The molecule has 0 aliphatic carbocycles.